The number of benzene rings is 2. The van der Waals surface area contributed by atoms with Crippen LogP contribution in [0.4, 0.5) is 0 Å². The predicted octanol–water partition coefficient (Wildman–Crippen LogP) is 8.88. The van der Waals surface area contributed by atoms with E-state index in [9.17, 15) is 15.0 Å². The minimum absolute atomic E-state index is 0.0615. The van der Waals surface area contributed by atoms with Crippen molar-refractivity contribution in [2.45, 2.75) is 191 Å². The molecule has 2 N–H and O–H groups in total. The molecule has 320 valence electrons. The Labute approximate surface area is 356 Å². The molecule has 2 aromatic rings. The summed E-state index contributed by atoms with van der Waals surface area (Å²) in [6.07, 6.45) is 17.7. The lowest BCUT2D eigenvalue weighted by Gasteiger charge is -2.45. The number of allylic oxidation sites excluding steroid dienone is 2. The van der Waals surface area contributed by atoms with Gasteiger partial charge in [0, 0.05) is 31.3 Å². The summed E-state index contributed by atoms with van der Waals surface area (Å²) in [6.45, 7) is 10.9. The van der Waals surface area contributed by atoms with Crippen molar-refractivity contribution < 1.29 is 33.6 Å². The number of ether oxygens (including phenoxy) is 3. The van der Waals surface area contributed by atoms with Crippen molar-refractivity contribution in [3.05, 3.63) is 84.5 Å². The number of aliphatic hydroxyl groups is 2. The van der Waals surface area contributed by atoms with Gasteiger partial charge in [0.15, 0.2) is 0 Å². The fourth-order valence-corrected chi connectivity index (χ4v) is 13.6. The number of aliphatic hydroxyl groups excluding tert-OH is 2. The Hall–Kier alpha value is -3.47. The molecule has 8 heteroatoms. The summed E-state index contributed by atoms with van der Waals surface area (Å²) in [5, 5.41) is 23.9. The minimum Gasteiger partial charge on any atom is -0.455 e. The predicted molar refractivity (Wildman–Crippen MR) is 240 cm³/mol. The molecule has 3 aliphatic heterocycles. The normalized spacial score (nSPS) is 23.5. The average molecular weight is 823 g/mol. The number of rotatable bonds is 20. The Morgan fingerprint density at radius 1 is 0.814 bits per heavy atom. The second kappa shape index (κ2) is 23.5. The molecule has 0 spiro atoms. The van der Waals surface area contributed by atoms with Gasteiger partial charge in [0.25, 0.3) is 8.32 Å². The van der Waals surface area contributed by atoms with E-state index in [1.807, 2.05) is 31.2 Å². The molecular weight excluding hydrogens is 753 g/mol. The number of hydrogen-bond acceptors (Lipinski definition) is 7. The van der Waals surface area contributed by atoms with E-state index in [0.717, 1.165) is 57.8 Å². The maximum absolute atomic E-state index is 12.8. The lowest BCUT2D eigenvalue weighted by Crippen LogP contribution is -2.67. The van der Waals surface area contributed by atoms with Gasteiger partial charge in [-0.2, -0.15) is 0 Å². The van der Waals surface area contributed by atoms with Gasteiger partial charge in [-0.15, -0.1) is 11.8 Å². The highest BCUT2D eigenvalue weighted by molar-refractivity contribution is 6.99. The van der Waals surface area contributed by atoms with E-state index in [1.54, 1.807) is 0 Å². The van der Waals surface area contributed by atoms with Crippen LogP contribution in [0.5, 0.6) is 0 Å². The summed E-state index contributed by atoms with van der Waals surface area (Å²) < 4.78 is 25.5. The second-order valence-corrected chi connectivity index (χ2v) is 22.0. The number of esters is 1. The third kappa shape index (κ3) is 13.5. The van der Waals surface area contributed by atoms with E-state index in [1.165, 1.54) is 36.1 Å². The van der Waals surface area contributed by atoms with Crippen LogP contribution in [0, 0.1) is 23.7 Å². The van der Waals surface area contributed by atoms with Crippen molar-refractivity contribution in [1.29, 1.82) is 0 Å². The van der Waals surface area contributed by atoms with E-state index < -0.39 is 20.5 Å². The van der Waals surface area contributed by atoms with Gasteiger partial charge in [0.05, 0.1) is 42.7 Å². The highest BCUT2D eigenvalue weighted by atomic mass is 28.4. The highest BCUT2D eigenvalue weighted by Gasteiger charge is 2.51. The zero-order chi connectivity index (χ0) is 42.1. The van der Waals surface area contributed by atoms with E-state index in [2.05, 4.69) is 106 Å². The van der Waals surface area contributed by atoms with E-state index in [-0.39, 0.29) is 47.6 Å². The van der Waals surface area contributed by atoms with Crippen LogP contribution in [-0.4, -0.2) is 73.3 Å². The second-order valence-electron chi connectivity index (χ2n) is 17.7. The van der Waals surface area contributed by atoms with Crippen LogP contribution in [0.1, 0.15) is 137 Å². The summed E-state index contributed by atoms with van der Waals surface area (Å²) in [5.74, 6) is 12.4. The van der Waals surface area contributed by atoms with Gasteiger partial charge in [-0.3, -0.25) is 0 Å². The molecule has 2 saturated heterocycles. The van der Waals surface area contributed by atoms with Crippen LogP contribution in [0.3, 0.4) is 0 Å². The van der Waals surface area contributed by atoms with Crippen LogP contribution in [0.2, 0.25) is 5.04 Å². The molecule has 8 atom stereocenters. The Morgan fingerprint density at radius 2 is 1.41 bits per heavy atom. The van der Waals surface area contributed by atoms with Crippen LogP contribution in [0.15, 0.2) is 84.5 Å². The summed E-state index contributed by atoms with van der Waals surface area (Å²) in [6, 6.07) is 21.2. The Bertz CT molecular complexity index is 1720. The summed E-state index contributed by atoms with van der Waals surface area (Å²) in [5.41, 5.74) is 0.691. The quantitative estimate of drug-likeness (QED) is 0.0597. The molecule has 0 radical (unpaired) electrons. The number of unbranched alkanes of at least 4 members (excludes halogenated alkanes) is 6. The maximum atomic E-state index is 12.8. The van der Waals surface area contributed by atoms with Crippen molar-refractivity contribution in [1.82, 2.24) is 0 Å². The fraction of sp³-hybridized carbons (Fsp3) is 0.588. The highest BCUT2D eigenvalue weighted by Crippen LogP contribution is 2.39. The Balaban J connectivity index is 1.09. The number of carbonyl (C=O) groups excluding carboxylic acids is 1. The third-order valence-corrected chi connectivity index (χ3v) is 17.1. The molecule has 0 aromatic heterocycles. The first-order valence-electron chi connectivity index (χ1n) is 22.5. The Kier molecular flexibility index (Phi) is 18.6. The average Bonchev–Trinajstić information content (AvgIpc) is 3.99. The smallest absolute Gasteiger partial charge is 0.334 e. The third-order valence-electron chi connectivity index (χ3n) is 12.0. The monoisotopic (exact) mass is 822 g/mol. The fourth-order valence-electron chi connectivity index (χ4n) is 8.83. The van der Waals surface area contributed by atoms with Crippen molar-refractivity contribution in [3.8, 4) is 23.7 Å². The van der Waals surface area contributed by atoms with Gasteiger partial charge in [0.1, 0.15) is 6.10 Å². The molecule has 0 aliphatic carbocycles. The van der Waals surface area contributed by atoms with Crippen molar-refractivity contribution >= 4 is 24.7 Å². The first-order chi connectivity index (χ1) is 28.5. The zero-order valence-corrected chi connectivity index (χ0v) is 37.4. The van der Waals surface area contributed by atoms with Gasteiger partial charge in [-0.05, 0) is 85.9 Å². The van der Waals surface area contributed by atoms with Gasteiger partial charge in [-0.25, -0.2) is 4.79 Å². The molecule has 0 bridgehead atoms. The van der Waals surface area contributed by atoms with Crippen LogP contribution in [0.25, 0.3) is 0 Å². The molecular formula is C51H70O7Si. The minimum atomic E-state index is -2.84. The van der Waals surface area contributed by atoms with E-state index >= 15 is 0 Å². The van der Waals surface area contributed by atoms with Gasteiger partial charge in [-0.1, -0.05) is 132 Å². The van der Waals surface area contributed by atoms with Crippen LogP contribution >= 0.6 is 0 Å². The molecule has 3 aliphatic rings. The molecule has 5 rings (SSSR count). The molecule has 2 fully saturated rings. The molecule has 0 amide bonds. The van der Waals surface area contributed by atoms with E-state index in [4.69, 9.17) is 18.6 Å². The van der Waals surface area contributed by atoms with Crippen molar-refractivity contribution in [2.24, 2.45) is 0 Å². The first-order valence-corrected chi connectivity index (χ1v) is 24.4. The van der Waals surface area contributed by atoms with Gasteiger partial charge in [0.2, 0.25) is 0 Å². The molecule has 7 nitrogen and oxygen atoms in total. The summed E-state index contributed by atoms with van der Waals surface area (Å²) in [7, 11) is -2.84. The van der Waals surface area contributed by atoms with Gasteiger partial charge < -0.3 is 28.8 Å². The van der Waals surface area contributed by atoms with E-state index in [0.29, 0.717) is 24.8 Å². The lowest BCUT2D eigenvalue weighted by atomic mass is 10.0. The number of carbonyl (C=O) groups is 1. The van der Waals surface area contributed by atoms with Crippen LogP contribution in [-0.2, 0) is 23.4 Å². The zero-order valence-electron chi connectivity index (χ0n) is 36.4. The molecule has 2 aromatic carbocycles. The standard InChI is InChI=1S/C51H70O7Si/c1-6-7-8-9-10-11-15-24-31-44(52)46-33-35-48(56-46)49-36-34-47(57-49)45(53)32-25-16-13-12-14-19-26-41(38-40-37-39(2)55-50(40)54)58-59(51(3,4)5,42-27-20-17-21-28-42)43-29-22-18-23-30-43/h12-13,17-18,20-23,27-30,37,39,41,44-49,52-53H,6-11,14,19,26,31-36,38H2,1-5H3/b13-12+/t39?,41-,44?,45?,46?,47?,48?,49?/m0/s1. The molecule has 59 heavy (non-hydrogen) atoms. The Morgan fingerprint density at radius 3 is 1.97 bits per heavy atom. The largest absolute Gasteiger partial charge is 0.455 e. The molecule has 7 unspecified atom stereocenters. The van der Waals surface area contributed by atoms with Crippen molar-refractivity contribution in [2.75, 3.05) is 0 Å². The summed E-state index contributed by atoms with van der Waals surface area (Å²) >= 11 is 0. The lowest BCUT2D eigenvalue weighted by molar-refractivity contribution is -0.139. The molecule has 0 saturated carbocycles. The summed E-state index contributed by atoms with van der Waals surface area (Å²) in [4.78, 5) is 12.8. The van der Waals surface area contributed by atoms with Crippen molar-refractivity contribution in [3.63, 3.8) is 0 Å². The topological polar surface area (TPSA) is 94.5 Å². The number of hydrogen-bond donors (Lipinski definition) is 2. The first kappa shape index (κ1) is 46.6. The maximum Gasteiger partial charge on any atom is 0.334 e. The molecule has 3 heterocycles. The van der Waals surface area contributed by atoms with Gasteiger partial charge >= 0.3 is 5.97 Å². The number of cyclic esters (lactones) is 1. The SMILES string of the molecule is CCCCCCCC#CCC(O)C1CCC(C2CCC(C(O)CC#C/C=C/CCC[C@@H](CC3=CC(C)OC3=O)O[Si](c3ccccc3)(c3ccccc3)C(C)(C)C)O2)O1. The van der Waals surface area contributed by atoms with Crippen LogP contribution < -0.4 is 10.4 Å².